The molecule has 0 fully saturated rings. The summed E-state index contributed by atoms with van der Waals surface area (Å²) in [5.74, 6) is 0.242. The molecular formula is C14H17N5O. The van der Waals surface area contributed by atoms with Gasteiger partial charge in [0.1, 0.15) is 0 Å². The average molecular weight is 271 g/mol. The van der Waals surface area contributed by atoms with E-state index < -0.39 is 0 Å². The molecule has 0 bridgehead atoms. The zero-order chi connectivity index (χ0) is 14.2. The number of nitrogens with zero attached hydrogens (tertiary/aromatic N) is 2. The molecule has 0 unspecified atom stereocenters. The van der Waals surface area contributed by atoms with Crippen molar-refractivity contribution < 1.29 is 4.79 Å². The lowest BCUT2D eigenvalue weighted by atomic mass is 10.2. The molecule has 2 rings (SSSR count). The Morgan fingerprint density at radius 1 is 1.15 bits per heavy atom. The minimum Gasteiger partial charge on any atom is -0.384 e. The van der Waals surface area contributed by atoms with Crippen LogP contribution in [0.25, 0.3) is 0 Å². The molecule has 3 N–H and O–H groups in total. The van der Waals surface area contributed by atoms with Crippen LogP contribution in [0, 0.1) is 6.92 Å². The minimum absolute atomic E-state index is 0.126. The maximum atomic E-state index is 11.6. The molecule has 2 aromatic rings. The van der Waals surface area contributed by atoms with E-state index in [4.69, 9.17) is 0 Å². The number of benzene rings is 1. The molecule has 0 atom stereocenters. The Labute approximate surface area is 117 Å². The number of carbonyl (C=O) groups excluding carboxylic acids is 1. The van der Waals surface area contributed by atoms with Gasteiger partial charge < -0.3 is 5.32 Å². The van der Waals surface area contributed by atoms with E-state index in [9.17, 15) is 4.79 Å². The molecule has 0 radical (unpaired) electrons. The molecule has 1 aromatic heterocycles. The normalized spacial score (nSPS) is 9.85. The highest BCUT2D eigenvalue weighted by molar-refractivity contribution is 5.77. The smallest absolute Gasteiger partial charge is 0.241 e. The van der Waals surface area contributed by atoms with Crippen LogP contribution in [0.15, 0.2) is 42.7 Å². The molecule has 20 heavy (non-hydrogen) atoms. The van der Waals surface area contributed by atoms with Gasteiger partial charge in [-0.3, -0.25) is 15.6 Å². The van der Waals surface area contributed by atoms with Crippen LogP contribution in [0.3, 0.4) is 0 Å². The van der Waals surface area contributed by atoms with Crippen molar-refractivity contribution in [2.24, 2.45) is 0 Å². The van der Waals surface area contributed by atoms with Gasteiger partial charge in [-0.25, -0.2) is 9.97 Å². The van der Waals surface area contributed by atoms with Crippen LogP contribution in [0.2, 0.25) is 0 Å². The maximum absolute atomic E-state index is 11.6. The van der Waals surface area contributed by atoms with Crippen molar-refractivity contribution in [3.8, 4) is 0 Å². The number of nitrogens with one attached hydrogen (secondary N) is 3. The molecule has 6 nitrogen and oxygen atoms in total. The van der Waals surface area contributed by atoms with Crippen LogP contribution in [0.5, 0.6) is 0 Å². The lowest BCUT2D eigenvalue weighted by molar-refractivity contribution is -0.120. The van der Waals surface area contributed by atoms with Crippen LogP contribution >= 0.6 is 0 Å². The van der Waals surface area contributed by atoms with E-state index in [1.54, 1.807) is 18.5 Å². The predicted molar refractivity (Wildman–Crippen MR) is 78.1 cm³/mol. The summed E-state index contributed by atoms with van der Waals surface area (Å²) in [6.45, 7) is 2.59. The lowest BCUT2D eigenvalue weighted by Crippen LogP contribution is -2.31. The topological polar surface area (TPSA) is 78.9 Å². The van der Waals surface area contributed by atoms with E-state index >= 15 is 0 Å². The van der Waals surface area contributed by atoms with Crippen molar-refractivity contribution in [3.63, 3.8) is 0 Å². The Balaban J connectivity index is 1.69. The van der Waals surface area contributed by atoms with Gasteiger partial charge in [-0.05, 0) is 24.6 Å². The molecule has 0 aliphatic carbocycles. The Hall–Kier alpha value is -2.63. The second-order valence-electron chi connectivity index (χ2n) is 4.24. The van der Waals surface area contributed by atoms with Gasteiger partial charge in [-0.1, -0.05) is 18.2 Å². The fourth-order valence-corrected chi connectivity index (χ4v) is 1.63. The van der Waals surface area contributed by atoms with Crippen molar-refractivity contribution in [1.82, 2.24) is 15.4 Å². The van der Waals surface area contributed by atoms with Crippen molar-refractivity contribution in [3.05, 3.63) is 48.3 Å². The fraction of sp³-hybridized carbons (Fsp3) is 0.214. The van der Waals surface area contributed by atoms with Gasteiger partial charge in [0.2, 0.25) is 11.9 Å². The van der Waals surface area contributed by atoms with Gasteiger partial charge in [0.05, 0.1) is 0 Å². The third kappa shape index (κ3) is 4.24. The first-order chi connectivity index (χ1) is 9.75. The highest BCUT2D eigenvalue weighted by Gasteiger charge is 2.02. The summed E-state index contributed by atoms with van der Waals surface area (Å²) >= 11 is 0. The number of anilines is 2. The number of aryl methyl sites for hydroxylation is 1. The molecule has 0 spiro atoms. The number of carbonyl (C=O) groups is 1. The van der Waals surface area contributed by atoms with Crippen molar-refractivity contribution in [2.75, 3.05) is 17.3 Å². The Kier molecular flexibility index (Phi) is 4.88. The van der Waals surface area contributed by atoms with Gasteiger partial charge in [-0.15, -0.1) is 0 Å². The SMILES string of the molecule is Cc1ccccc1NCCC(=O)NNc1ncccn1. The van der Waals surface area contributed by atoms with E-state index in [2.05, 4.69) is 26.1 Å². The predicted octanol–water partition coefficient (Wildman–Crippen LogP) is 1.73. The number of para-hydroxylation sites is 1. The van der Waals surface area contributed by atoms with Gasteiger partial charge in [0.25, 0.3) is 0 Å². The minimum atomic E-state index is -0.126. The standard InChI is InChI=1S/C14H17N5O/c1-11-5-2-3-6-12(11)15-10-7-13(20)18-19-14-16-8-4-9-17-14/h2-6,8-9,15H,7,10H2,1H3,(H,18,20)(H,16,17,19). The molecule has 6 heteroatoms. The van der Waals surface area contributed by atoms with Crippen molar-refractivity contribution in [2.45, 2.75) is 13.3 Å². The molecule has 1 aromatic carbocycles. The second kappa shape index (κ2) is 7.08. The largest absolute Gasteiger partial charge is 0.384 e. The van der Waals surface area contributed by atoms with Crippen LogP contribution < -0.4 is 16.2 Å². The van der Waals surface area contributed by atoms with Crippen LogP contribution in [0.1, 0.15) is 12.0 Å². The lowest BCUT2D eigenvalue weighted by Gasteiger charge is -2.09. The molecular weight excluding hydrogens is 254 g/mol. The van der Waals surface area contributed by atoms with Crippen molar-refractivity contribution in [1.29, 1.82) is 0 Å². The molecule has 104 valence electrons. The zero-order valence-corrected chi connectivity index (χ0v) is 11.3. The average Bonchev–Trinajstić information content (AvgIpc) is 2.48. The molecule has 0 saturated heterocycles. The molecule has 0 saturated carbocycles. The number of hydrazine groups is 1. The summed E-state index contributed by atoms with van der Waals surface area (Å²) in [6.07, 6.45) is 3.55. The quantitative estimate of drug-likeness (QED) is 0.697. The summed E-state index contributed by atoms with van der Waals surface area (Å²) < 4.78 is 0. The summed E-state index contributed by atoms with van der Waals surface area (Å²) in [5, 5.41) is 3.22. The van der Waals surface area contributed by atoms with Gasteiger partial charge in [0, 0.05) is 31.0 Å². The summed E-state index contributed by atoms with van der Waals surface area (Å²) in [5.41, 5.74) is 7.40. The molecule has 0 aliphatic heterocycles. The van der Waals surface area contributed by atoms with E-state index in [1.807, 2.05) is 31.2 Å². The Morgan fingerprint density at radius 2 is 1.90 bits per heavy atom. The summed E-state index contributed by atoms with van der Waals surface area (Å²) in [4.78, 5) is 19.5. The van der Waals surface area contributed by atoms with Crippen molar-refractivity contribution >= 4 is 17.5 Å². The van der Waals surface area contributed by atoms with Gasteiger partial charge in [0.15, 0.2) is 0 Å². The van der Waals surface area contributed by atoms with Crippen LogP contribution in [0.4, 0.5) is 11.6 Å². The van der Waals surface area contributed by atoms with E-state index in [0.29, 0.717) is 18.9 Å². The van der Waals surface area contributed by atoms with E-state index in [1.165, 1.54) is 0 Å². The molecule has 1 heterocycles. The third-order valence-electron chi connectivity index (χ3n) is 2.69. The van der Waals surface area contributed by atoms with Crippen LogP contribution in [-0.4, -0.2) is 22.4 Å². The Morgan fingerprint density at radius 3 is 2.65 bits per heavy atom. The maximum Gasteiger partial charge on any atom is 0.241 e. The summed E-state index contributed by atoms with van der Waals surface area (Å²) in [6, 6.07) is 9.67. The van der Waals surface area contributed by atoms with E-state index in [-0.39, 0.29) is 5.91 Å². The number of hydrogen-bond donors (Lipinski definition) is 3. The number of aromatic nitrogens is 2. The molecule has 0 aliphatic rings. The number of hydrogen-bond acceptors (Lipinski definition) is 5. The first-order valence-electron chi connectivity index (χ1n) is 6.37. The number of rotatable bonds is 6. The fourth-order valence-electron chi connectivity index (χ4n) is 1.63. The highest BCUT2D eigenvalue weighted by atomic mass is 16.2. The van der Waals surface area contributed by atoms with Gasteiger partial charge >= 0.3 is 0 Å². The first kappa shape index (κ1) is 13.8. The summed E-state index contributed by atoms with van der Waals surface area (Å²) in [7, 11) is 0. The Bertz CT molecular complexity index is 559. The monoisotopic (exact) mass is 271 g/mol. The zero-order valence-electron chi connectivity index (χ0n) is 11.3. The van der Waals surface area contributed by atoms with E-state index in [0.717, 1.165) is 11.3 Å². The second-order valence-corrected chi connectivity index (χ2v) is 4.24. The number of amides is 1. The van der Waals surface area contributed by atoms with Gasteiger partial charge in [-0.2, -0.15) is 0 Å². The van der Waals surface area contributed by atoms with Crippen LogP contribution in [-0.2, 0) is 4.79 Å². The highest BCUT2D eigenvalue weighted by Crippen LogP contribution is 2.12. The third-order valence-corrected chi connectivity index (χ3v) is 2.69. The first-order valence-corrected chi connectivity index (χ1v) is 6.37. The molecule has 1 amide bonds.